The third kappa shape index (κ3) is 3.55. The lowest BCUT2D eigenvalue weighted by Crippen LogP contribution is -2.25. The van der Waals surface area contributed by atoms with Crippen molar-refractivity contribution in [1.29, 1.82) is 0 Å². The molecule has 0 saturated carbocycles. The average molecular weight is 350 g/mol. The summed E-state index contributed by atoms with van der Waals surface area (Å²) in [5.41, 5.74) is 4.63. The smallest absolute Gasteiger partial charge is 0.222 e. The van der Waals surface area contributed by atoms with Crippen LogP contribution in [0.25, 0.3) is 0 Å². The Labute approximate surface area is 155 Å². The fraction of sp³-hybridized carbons (Fsp3) is 0.409. The number of nitrogens with zero attached hydrogens (tertiary/aromatic N) is 1. The number of anilines is 1. The van der Waals surface area contributed by atoms with Gasteiger partial charge in [-0.05, 0) is 43.5 Å². The summed E-state index contributed by atoms with van der Waals surface area (Å²) >= 11 is 0. The maximum atomic E-state index is 11.7. The molecule has 2 aromatic rings. The van der Waals surface area contributed by atoms with Crippen molar-refractivity contribution in [3.63, 3.8) is 0 Å². The van der Waals surface area contributed by atoms with Crippen LogP contribution in [0.4, 0.5) is 5.69 Å². The summed E-state index contributed by atoms with van der Waals surface area (Å²) in [6.07, 6.45) is 2.64. The Morgan fingerprint density at radius 1 is 1.15 bits per heavy atom. The Balaban J connectivity index is 1.39. The molecule has 2 heterocycles. The number of para-hydroxylation sites is 1. The maximum Gasteiger partial charge on any atom is 0.222 e. The summed E-state index contributed by atoms with van der Waals surface area (Å²) in [6, 6.07) is 14.8. The van der Waals surface area contributed by atoms with Crippen LogP contribution in [0.1, 0.15) is 43.4 Å². The Morgan fingerprint density at radius 3 is 2.69 bits per heavy atom. The van der Waals surface area contributed by atoms with E-state index in [4.69, 9.17) is 4.74 Å². The highest BCUT2D eigenvalue weighted by atomic mass is 16.5. The molecule has 1 fully saturated rings. The molecule has 0 radical (unpaired) electrons. The van der Waals surface area contributed by atoms with Crippen LogP contribution in [0.5, 0.6) is 5.75 Å². The minimum atomic E-state index is -0.118. The van der Waals surface area contributed by atoms with Crippen molar-refractivity contribution in [3.05, 3.63) is 59.2 Å². The molecule has 1 saturated heterocycles. The molecule has 2 aliphatic heterocycles. The van der Waals surface area contributed by atoms with Crippen LogP contribution in [-0.2, 0) is 24.3 Å². The molecule has 0 atom stereocenters. The normalized spacial score (nSPS) is 17.9. The van der Waals surface area contributed by atoms with E-state index >= 15 is 0 Å². The van der Waals surface area contributed by atoms with E-state index in [1.54, 1.807) is 0 Å². The number of rotatable bonds is 5. The predicted molar refractivity (Wildman–Crippen MR) is 103 cm³/mol. The van der Waals surface area contributed by atoms with Crippen LogP contribution in [0, 0.1) is 0 Å². The molecule has 1 N–H and O–H groups in total. The molecular formula is C22H26N2O2. The summed E-state index contributed by atoms with van der Waals surface area (Å²) in [4.78, 5) is 13.7. The summed E-state index contributed by atoms with van der Waals surface area (Å²) in [6.45, 7) is 6.60. The van der Waals surface area contributed by atoms with Crippen LogP contribution < -0.4 is 10.1 Å². The molecule has 26 heavy (non-hydrogen) atoms. The number of hydrogen-bond acceptors (Lipinski definition) is 3. The molecular weight excluding hydrogens is 324 g/mol. The first-order valence-electron chi connectivity index (χ1n) is 9.41. The van der Waals surface area contributed by atoms with Gasteiger partial charge < -0.3 is 15.0 Å². The monoisotopic (exact) mass is 350 g/mol. The van der Waals surface area contributed by atoms with Crippen LogP contribution in [-0.4, -0.2) is 23.0 Å². The molecule has 136 valence electrons. The minimum absolute atomic E-state index is 0.118. The number of amides is 1. The number of nitrogens with one attached hydrogen (secondary N) is 1. The summed E-state index contributed by atoms with van der Waals surface area (Å²) in [7, 11) is 0. The molecule has 4 nitrogen and oxygen atoms in total. The van der Waals surface area contributed by atoms with Crippen molar-refractivity contribution in [3.8, 4) is 5.75 Å². The highest BCUT2D eigenvalue weighted by molar-refractivity contribution is 5.78. The minimum Gasteiger partial charge on any atom is -0.487 e. The van der Waals surface area contributed by atoms with Crippen molar-refractivity contribution in [2.45, 2.75) is 51.8 Å². The molecule has 2 aromatic carbocycles. The number of hydrogen-bond donors (Lipinski definition) is 1. The second kappa shape index (κ2) is 6.67. The largest absolute Gasteiger partial charge is 0.487 e. The van der Waals surface area contributed by atoms with E-state index in [0.29, 0.717) is 13.0 Å². The predicted octanol–water partition coefficient (Wildman–Crippen LogP) is 4.13. The first-order valence-corrected chi connectivity index (χ1v) is 9.41. The highest BCUT2D eigenvalue weighted by Crippen LogP contribution is 2.37. The Bertz CT molecular complexity index is 811. The van der Waals surface area contributed by atoms with Gasteiger partial charge in [-0.15, -0.1) is 0 Å². The molecule has 0 aromatic heterocycles. The second-order valence-electron chi connectivity index (χ2n) is 7.91. The van der Waals surface area contributed by atoms with Gasteiger partial charge in [0.25, 0.3) is 0 Å². The standard InChI is InChI=1S/C22H26N2O2/c1-22(2)13-17-5-3-6-18(21(17)26-22)14-23-19-10-8-16(9-11-19)15-24-12-4-7-20(24)25/h3,5-6,8-11,23H,4,7,12-15H2,1-2H3. The molecule has 0 unspecified atom stereocenters. The molecule has 0 bridgehead atoms. The van der Waals surface area contributed by atoms with Gasteiger partial charge in [0.15, 0.2) is 0 Å². The zero-order valence-electron chi connectivity index (χ0n) is 15.5. The Morgan fingerprint density at radius 2 is 1.96 bits per heavy atom. The van der Waals surface area contributed by atoms with E-state index in [-0.39, 0.29) is 11.5 Å². The zero-order chi connectivity index (χ0) is 18.1. The van der Waals surface area contributed by atoms with Crippen molar-refractivity contribution >= 4 is 11.6 Å². The topological polar surface area (TPSA) is 41.6 Å². The second-order valence-corrected chi connectivity index (χ2v) is 7.91. The van der Waals surface area contributed by atoms with E-state index in [0.717, 1.165) is 37.4 Å². The van der Waals surface area contributed by atoms with E-state index in [1.807, 2.05) is 4.90 Å². The molecule has 1 amide bonds. The van der Waals surface area contributed by atoms with E-state index < -0.39 is 0 Å². The quantitative estimate of drug-likeness (QED) is 0.881. The Kier molecular flexibility index (Phi) is 4.35. The number of likely N-dealkylation sites (tertiary alicyclic amines) is 1. The van der Waals surface area contributed by atoms with Gasteiger partial charge in [0.1, 0.15) is 11.4 Å². The number of fused-ring (bicyclic) bond motifs is 1. The number of ether oxygens (including phenoxy) is 1. The molecule has 2 aliphatic rings. The number of carbonyl (C=O) groups excluding carboxylic acids is 1. The van der Waals surface area contributed by atoms with Gasteiger partial charge in [0, 0.05) is 43.7 Å². The van der Waals surface area contributed by atoms with Crippen LogP contribution in [0.2, 0.25) is 0 Å². The molecule has 4 rings (SSSR count). The fourth-order valence-electron chi connectivity index (χ4n) is 3.84. The van der Waals surface area contributed by atoms with Gasteiger partial charge >= 0.3 is 0 Å². The van der Waals surface area contributed by atoms with E-state index in [1.165, 1.54) is 16.7 Å². The van der Waals surface area contributed by atoms with Crippen LogP contribution >= 0.6 is 0 Å². The fourth-order valence-corrected chi connectivity index (χ4v) is 3.84. The third-order valence-electron chi connectivity index (χ3n) is 5.15. The first kappa shape index (κ1) is 17.0. The third-order valence-corrected chi connectivity index (χ3v) is 5.15. The van der Waals surface area contributed by atoms with Gasteiger partial charge in [-0.2, -0.15) is 0 Å². The van der Waals surface area contributed by atoms with Gasteiger partial charge in [0.2, 0.25) is 5.91 Å². The van der Waals surface area contributed by atoms with Gasteiger partial charge in [-0.1, -0.05) is 30.3 Å². The highest BCUT2D eigenvalue weighted by Gasteiger charge is 2.31. The van der Waals surface area contributed by atoms with Crippen molar-refractivity contribution in [1.82, 2.24) is 4.90 Å². The van der Waals surface area contributed by atoms with Gasteiger partial charge in [-0.3, -0.25) is 4.79 Å². The van der Waals surface area contributed by atoms with Crippen molar-refractivity contribution in [2.24, 2.45) is 0 Å². The number of benzene rings is 2. The lowest BCUT2D eigenvalue weighted by molar-refractivity contribution is -0.128. The van der Waals surface area contributed by atoms with Crippen LogP contribution in [0.15, 0.2) is 42.5 Å². The molecule has 4 heteroatoms. The van der Waals surface area contributed by atoms with Crippen molar-refractivity contribution < 1.29 is 9.53 Å². The zero-order valence-corrected chi connectivity index (χ0v) is 15.5. The molecule has 0 spiro atoms. The molecule has 0 aliphatic carbocycles. The number of carbonyl (C=O) groups is 1. The maximum absolute atomic E-state index is 11.7. The first-order chi connectivity index (χ1) is 12.5. The lowest BCUT2D eigenvalue weighted by Gasteiger charge is -2.18. The Hall–Kier alpha value is -2.49. The van der Waals surface area contributed by atoms with Gasteiger partial charge in [-0.25, -0.2) is 0 Å². The average Bonchev–Trinajstić information content (AvgIpc) is 3.15. The van der Waals surface area contributed by atoms with Crippen molar-refractivity contribution in [2.75, 3.05) is 11.9 Å². The van der Waals surface area contributed by atoms with Crippen LogP contribution in [0.3, 0.4) is 0 Å². The summed E-state index contributed by atoms with van der Waals surface area (Å²) in [5, 5.41) is 3.49. The van der Waals surface area contributed by atoms with Gasteiger partial charge in [0.05, 0.1) is 0 Å². The lowest BCUT2D eigenvalue weighted by atomic mass is 10.0. The van der Waals surface area contributed by atoms with E-state index in [9.17, 15) is 4.79 Å². The summed E-state index contributed by atoms with van der Waals surface area (Å²) < 4.78 is 6.14. The van der Waals surface area contributed by atoms with E-state index in [2.05, 4.69) is 61.6 Å². The summed E-state index contributed by atoms with van der Waals surface area (Å²) in [5.74, 6) is 1.31. The SMILES string of the molecule is CC1(C)Cc2cccc(CNc3ccc(CN4CCCC4=O)cc3)c2O1.